The van der Waals surface area contributed by atoms with E-state index in [1.54, 1.807) is 0 Å². The van der Waals surface area contributed by atoms with Gasteiger partial charge in [0.15, 0.2) is 0 Å². The Morgan fingerprint density at radius 1 is 1.46 bits per heavy atom. The predicted molar refractivity (Wildman–Crippen MR) is 59.2 cm³/mol. The zero-order valence-electron chi connectivity index (χ0n) is 9.14. The molecule has 0 aromatic heterocycles. The molecule has 0 aliphatic carbocycles. The summed E-state index contributed by atoms with van der Waals surface area (Å²) in [6.07, 6.45) is 4.82. The second-order valence-corrected chi connectivity index (χ2v) is 3.41. The Kier molecular flexibility index (Phi) is 7.69. The van der Waals surface area contributed by atoms with Crippen LogP contribution in [0.3, 0.4) is 0 Å². The lowest BCUT2D eigenvalue weighted by Gasteiger charge is -2.12. The van der Waals surface area contributed by atoms with Crippen molar-refractivity contribution in [2.24, 2.45) is 10.7 Å². The lowest BCUT2D eigenvalue weighted by atomic mass is 10.1. The van der Waals surface area contributed by atoms with Gasteiger partial charge in [-0.15, -0.1) is 0 Å². The number of unbranched alkanes of at least 4 members (excludes halogenated alkanes) is 1. The zero-order valence-corrected chi connectivity index (χ0v) is 9.14. The van der Waals surface area contributed by atoms with E-state index in [2.05, 4.69) is 17.2 Å². The van der Waals surface area contributed by atoms with Crippen molar-refractivity contribution in [2.75, 3.05) is 13.6 Å². The Labute approximate surface area is 81.8 Å². The number of nitrogens with two attached hydrogens (primary N) is 1. The highest BCUT2D eigenvalue weighted by Gasteiger charge is 2.00. The van der Waals surface area contributed by atoms with Gasteiger partial charge in [0.05, 0.1) is 5.84 Å². The van der Waals surface area contributed by atoms with Gasteiger partial charge in [0.25, 0.3) is 0 Å². The molecule has 3 N–H and O–H groups in total. The molecule has 0 aromatic rings. The highest BCUT2D eigenvalue weighted by Crippen LogP contribution is 2.03. The molecule has 13 heavy (non-hydrogen) atoms. The van der Waals surface area contributed by atoms with Crippen molar-refractivity contribution >= 4 is 5.84 Å². The van der Waals surface area contributed by atoms with E-state index in [9.17, 15) is 0 Å². The summed E-state index contributed by atoms with van der Waals surface area (Å²) < 4.78 is 0. The van der Waals surface area contributed by atoms with Crippen LogP contribution in [0.15, 0.2) is 4.99 Å². The van der Waals surface area contributed by atoms with Gasteiger partial charge in [0.1, 0.15) is 0 Å². The van der Waals surface area contributed by atoms with Crippen LogP contribution in [0, 0.1) is 0 Å². The largest absolute Gasteiger partial charge is 0.388 e. The van der Waals surface area contributed by atoms with Gasteiger partial charge in [-0.3, -0.25) is 4.99 Å². The van der Waals surface area contributed by atoms with Crippen molar-refractivity contribution in [3.8, 4) is 0 Å². The fourth-order valence-corrected chi connectivity index (χ4v) is 1.31. The summed E-state index contributed by atoms with van der Waals surface area (Å²) in [6, 6.07) is 0.669. The Hall–Kier alpha value is -0.570. The molecule has 3 nitrogen and oxygen atoms in total. The predicted octanol–water partition coefficient (Wildman–Crippen LogP) is 1.53. The van der Waals surface area contributed by atoms with Crippen LogP contribution in [0.25, 0.3) is 0 Å². The Bertz CT molecular complexity index is 135. The van der Waals surface area contributed by atoms with Crippen molar-refractivity contribution < 1.29 is 0 Å². The molecular weight excluding hydrogens is 162 g/mol. The maximum absolute atomic E-state index is 5.42. The summed E-state index contributed by atoms with van der Waals surface area (Å²) in [5.41, 5.74) is 5.42. The molecule has 0 saturated carbocycles. The number of nitrogens with zero attached hydrogens (tertiary/aromatic N) is 1. The number of nitrogens with one attached hydrogen (secondary N) is 1. The molecule has 0 fully saturated rings. The van der Waals surface area contributed by atoms with E-state index in [1.165, 1.54) is 19.3 Å². The number of hydrogen-bond acceptors (Lipinski definition) is 2. The Balaban J connectivity index is 3.29. The molecule has 0 spiro atoms. The van der Waals surface area contributed by atoms with Gasteiger partial charge in [-0.25, -0.2) is 0 Å². The zero-order chi connectivity index (χ0) is 10.1. The molecular formula is C10H23N3. The van der Waals surface area contributed by atoms with Crippen LogP contribution in [-0.4, -0.2) is 25.5 Å². The van der Waals surface area contributed by atoms with E-state index in [0.717, 1.165) is 13.0 Å². The van der Waals surface area contributed by atoms with E-state index < -0.39 is 0 Å². The number of hydrogen-bond donors (Lipinski definition) is 2. The van der Waals surface area contributed by atoms with Gasteiger partial charge in [-0.05, 0) is 33.2 Å². The highest BCUT2D eigenvalue weighted by atomic mass is 14.9. The third kappa shape index (κ3) is 7.78. The highest BCUT2D eigenvalue weighted by molar-refractivity contribution is 5.77. The summed E-state index contributed by atoms with van der Waals surface area (Å²) >= 11 is 0. The van der Waals surface area contributed by atoms with Crippen LogP contribution < -0.4 is 11.1 Å². The average Bonchev–Trinajstić information content (AvgIpc) is 2.11. The fourth-order valence-electron chi connectivity index (χ4n) is 1.31. The van der Waals surface area contributed by atoms with Gasteiger partial charge < -0.3 is 11.1 Å². The van der Waals surface area contributed by atoms with E-state index in [4.69, 9.17) is 5.73 Å². The van der Waals surface area contributed by atoms with E-state index in [1.807, 2.05) is 14.0 Å². The second kappa shape index (κ2) is 8.05. The van der Waals surface area contributed by atoms with Crippen LogP contribution in [0.1, 0.15) is 39.5 Å². The van der Waals surface area contributed by atoms with E-state index in [0.29, 0.717) is 11.9 Å². The summed E-state index contributed by atoms with van der Waals surface area (Å²) in [5.74, 6) is 0.695. The minimum Gasteiger partial charge on any atom is -0.388 e. The molecule has 0 bridgehead atoms. The molecule has 0 aliphatic rings. The van der Waals surface area contributed by atoms with E-state index >= 15 is 0 Å². The Morgan fingerprint density at radius 2 is 2.15 bits per heavy atom. The summed E-state index contributed by atoms with van der Waals surface area (Å²) in [4.78, 5) is 4.15. The van der Waals surface area contributed by atoms with Gasteiger partial charge >= 0.3 is 0 Å². The second-order valence-electron chi connectivity index (χ2n) is 3.41. The lowest BCUT2D eigenvalue weighted by molar-refractivity contribution is 0.484. The molecule has 1 atom stereocenters. The molecule has 3 heteroatoms. The van der Waals surface area contributed by atoms with Crippen molar-refractivity contribution in [3.05, 3.63) is 0 Å². The third-order valence-corrected chi connectivity index (χ3v) is 2.22. The molecule has 0 aromatic carbocycles. The fraction of sp³-hybridized carbons (Fsp3) is 0.900. The average molecular weight is 185 g/mol. The number of amidine groups is 1. The van der Waals surface area contributed by atoms with Gasteiger partial charge in [-0.2, -0.15) is 0 Å². The molecule has 1 unspecified atom stereocenters. The molecule has 0 radical (unpaired) electrons. The van der Waals surface area contributed by atoms with Crippen LogP contribution in [0.2, 0.25) is 0 Å². The standard InChI is InChI=1S/C10H23N3/c1-4-10(12-3)7-5-6-8-13-9(2)11/h10,12H,4-8H2,1-3H3,(H2,11,13). The molecule has 0 saturated heterocycles. The van der Waals surface area contributed by atoms with Crippen LogP contribution in [-0.2, 0) is 0 Å². The lowest BCUT2D eigenvalue weighted by Crippen LogP contribution is -2.23. The van der Waals surface area contributed by atoms with Crippen molar-refractivity contribution in [1.82, 2.24) is 5.32 Å². The van der Waals surface area contributed by atoms with Crippen LogP contribution in [0.5, 0.6) is 0 Å². The third-order valence-electron chi connectivity index (χ3n) is 2.22. The SMILES string of the molecule is CCC(CCCCN=C(C)N)NC. The van der Waals surface area contributed by atoms with Crippen molar-refractivity contribution in [1.29, 1.82) is 0 Å². The first-order chi connectivity index (χ1) is 6.20. The van der Waals surface area contributed by atoms with Crippen molar-refractivity contribution in [2.45, 2.75) is 45.6 Å². The Morgan fingerprint density at radius 3 is 2.62 bits per heavy atom. The molecule has 0 aliphatic heterocycles. The topological polar surface area (TPSA) is 50.4 Å². The maximum atomic E-state index is 5.42. The summed E-state index contributed by atoms with van der Waals surface area (Å²) in [6.45, 7) is 4.92. The van der Waals surface area contributed by atoms with Crippen molar-refractivity contribution in [3.63, 3.8) is 0 Å². The normalized spacial score (nSPS) is 14.5. The first-order valence-electron chi connectivity index (χ1n) is 5.14. The molecule has 0 amide bonds. The van der Waals surface area contributed by atoms with Crippen LogP contribution >= 0.6 is 0 Å². The quantitative estimate of drug-likeness (QED) is 0.359. The molecule has 0 heterocycles. The first kappa shape index (κ1) is 12.4. The minimum atomic E-state index is 0.669. The van der Waals surface area contributed by atoms with Crippen LogP contribution in [0.4, 0.5) is 0 Å². The first-order valence-corrected chi connectivity index (χ1v) is 5.14. The number of rotatable bonds is 7. The maximum Gasteiger partial charge on any atom is 0.0905 e. The molecule has 0 rings (SSSR count). The molecule has 78 valence electrons. The van der Waals surface area contributed by atoms with Gasteiger partial charge in [0.2, 0.25) is 0 Å². The van der Waals surface area contributed by atoms with Gasteiger partial charge in [-0.1, -0.05) is 13.3 Å². The number of aliphatic imine (C=N–C) groups is 1. The smallest absolute Gasteiger partial charge is 0.0905 e. The minimum absolute atomic E-state index is 0.669. The summed E-state index contributed by atoms with van der Waals surface area (Å²) in [5, 5.41) is 3.29. The monoisotopic (exact) mass is 185 g/mol. The van der Waals surface area contributed by atoms with E-state index in [-0.39, 0.29) is 0 Å². The van der Waals surface area contributed by atoms with Gasteiger partial charge in [0, 0.05) is 12.6 Å². The summed E-state index contributed by atoms with van der Waals surface area (Å²) in [7, 11) is 2.02.